The predicted molar refractivity (Wildman–Crippen MR) is 179 cm³/mol. The number of anilines is 1. The largest absolute Gasteiger partial charge is 0.354 e. The molecule has 1 N–H and O–H groups in total. The van der Waals surface area contributed by atoms with Crippen LogP contribution in [-0.2, 0) is 32.6 Å². The lowest BCUT2D eigenvalue weighted by atomic mass is 10.0. The molecule has 0 aliphatic heterocycles. The van der Waals surface area contributed by atoms with E-state index in [1.54, 1.807) is 36.4 Å². The van der Waals surface area contributed by atoms with Crippen LogP contribution in [0.2, 0.25) is 5.02 Å². The summed E-state index contributed by atoms with van der Waals surface area (Å²) in [5, 5.41) is 3.32. The second-order valence-corrected chi connectivity index (χ2v) is 13.5. The minimum Gasteiger partial charge on any atom is -0.354 e. The molecule has 0 spiro atoms. The van der Waals surface area contributed by atoms with Gasteiger partial charge in [-0.15, -0.1) is 0 Å². The van der Waals surface area contributed by atoms with Gasteiger partial charge >= 0.3 is 0 Å². The Morgan fingerprint density at radius 2 is 1.52 bits per heavy atom. The van der Waals surface area contributed by atoms with Crippen LogP contribution in [0.1, 0.15) is 30.9 Å². The van der Waals surface area contributed by atoms with E-state index in [1.807, 2.05) is 61.5 Å². The third kappa shape index (κ3) is 8.94. The number of rotatable bonds is 14. The number of carbonyl (C=O) groups is 2. The molecule has 1 unspecified atom stereocenters. The molecule has 0 bridgehead atoms. The summed E-state index contributed by atoms with van der Waals surface area (Å²) in [5.74, 6) is -0.832. The van der Waals surface area contributed by atoms with Crippen molar-refractivity contribution in [2.75, 3.05) is 17.4 Å². The number of nitrogens with one attached hydrogen (secondary N) is 1. The fourth-order valence-corrected chi connectivity index (χ4v) is 6.83. The third-order valence-corrected chi connectivity index (χ3v) is 9.57. The molecule has 0 aliphatic carbocycles. The highest BCUT2D eigenvalue weighted by Gasteiger charge is 2.34. The predicted octanol–water partition coefficient (Wildman–Crippen LogP) is 6.85. The van der Waals surface area contributed by atoms with Gasteiger partial charge in [-0.05, 0) is 60.0 Å². The quantitative estimate of drug-likeness (QED) is 0.146. The highest BCUT2D eigenvalue weighted by molar-refractivity contribution is 9.10. The number of halogens is 2. The molecule has 7 nitrogen and oxygen atoms in total. The average molecular weight is 697 g/mol. The number of unbranched alkanes of at least 4 members (excludes halogenated alkanes) is 1. The molecule has 0 heterocycles. The Bertz CT molecular complexity index is 1660. The third-order valence-electron chi connectivity index (χ3n) is 7.05. The highest BCUT2D eigenvalue weighted by Crippen LogP contribution is 2.27. The van der Waals surface area contributed by atoms with Crippen molar-refractivity contribution in [2.45, 2.75) is 43.7 Å². The van der Waals surface area contributed by atoms with Crippen LogP contribution in [0.4, 0.5) is 5.69 Å². The number of benzene rings is 4. The van der Waals surface area contributed by atoms with Crippen molar-refractivity contribution in [3.63, 3.8) is 0 Å². The molecule has 4 rings (SSSR count). The fourth-order valence-electron chi connectivity index (χ4n) is 4.77. The number of nitrogens with zero attached hydrogens (tertiary/aromatic N) is 2. The van der Waals surface area contributed by atoms with Gasteiger partial charge in [0.15, 0.2) is 0 Å². The first kappa shape index (κ1) is 33.2. The summed E-state index contributed by atoms with van der Waals surface area (Å²) < 4.78 is 29.9. The van der Waals surface area contributed by atoms with Crippen molar-refractivity contribution in [3.8, 4) is 0 Å². The van der Waals surface area contributed by atoms with Crippen molar-refractivity contribution >= 4 is 55.1 Å². The summed E-state index contributed by atoms with van der Waals surface area (Å²) in [4.78, 5) is 29.7. The summed E-state index contributed by atoms with van der Waals surface area (Å²) in [7, 11) is -4.18. The molecule has 1 atom stereocenters. The van der Waals surface area contributed by atoms with Crippen molar-refractivity contribution < 1.29 is 18.0 Å². The maximum atomic E-state index is 14.4. The van der Waals surface area contributed by atoms with E-state index in [0.29, 0.717) is 11.6 Å². The van der Waals surface area contributed by atoms with Gasteiger partial charge in [0, 0.05) is 29.0 Å². The first-order valence-electron chi connectivity index (χ1n) is 14.4. The molecule has 4 aromatic carbocycles. The van der Waals surface area contributed by atoms with Gasteiger partial charge in [0.25, 0.3) is 10.0 Å². The standard InChI is InChI=1S/C34H35BrClN3O4S/c1-2-3-20-37-34(41)32(22-26-12-6-4-7-13-26)38(24-27-14-10-15-28(35)21-27)33(40)25-39(30-17-11-16-29(36)23-30)44(42,43)31-18-8-5-9-19-31/h4-19,21,23,32H,2-3,20,22,24-25H2,1H3,(H,37,41). The average Bonchev–Trinajstić information content (AvgIpc) is 3.02. The van der Waals surface area contributed by atoms with Gasteiger partial charge in [-0.3, -0.25) is 13.9 Å². The molecule has 44 heavy (non-hydrogen) atoms. The lowest BCUT2D eigenvalue weighted by Crippen LogP contribution is -2.53. The number of carbonyl (C=O) groups excluding carboxylic acids is 2. The van der Waals surface area contributed by atoms with Crippen LogP contribution < -0.4 is 9.62 Å². The van der Waals surface area contributed by atoms with E-state index in [-0.39, 0.29) is 29.5 Å². The van der Waals surface area contributed by atoms with Crippen LogP contribution in [0.15, 0.2) is 119 Å². The zero-order valence-electron chi connectivity index (χ0n) is 24.4. The molecule has 0 radical (unpaired) electrons. The molecule has 2 amide bonds. The number of hydrogen-bond acceptors (Lipinski definition) is 4. The van der Waals surface area contributed by atoms with Crippen LogP contribution in [0.3, 0.4) is 0 Å². The van der Waals surface area contributed by atoms with Crippen molar-refractivity contribution in [3.05, 3.63) is 130 Å². The molecule has 0 aromatic heterocycles. The van der Waals surface area contributed by atoms with Gasteiger partial charge < -0.3 is 10.2 Å². The van der Waals surface area contributed by atoms with Gasteiger partial charge in [0.2, 0.25) is 11.8 Å². The summed E-state index contributed by atoms with van der Waals surface area (Å²) >= 11 is 9.77. The monoisotopic (exact) mass is 695 g/mol. The van der Waals surface area contributed by atoms with Gasteiger partial charge in [0.05, 0.1) is 10.6 Å². The summed E-state index contributed by atoms with van der Waals surface area (Å²) in [6, 6.07) is 30.4. The normalized spacial score (nSPS) is 11.9. The smallest absolute Gasteiger partial charge is 0.264 e. The van der Waals surface area contributed by atoms with Gasteiger partial charge in [-0.1, -0.05) is 108 Å². The summed E-state index contributed by atoms with van der Waals surface area (Å²) in [5.41, 5.74) is 1.90. The van der Waals surface area contributed by atoms with Crippen molar-refractivity contribution in [1.82, 2.24) is 10.2 Å². The van der Waals surface area contributed by atoms with E-state index in [1.165, 1.54) is 23.1 Å². The van der Waals surface area contributed by atoms with Gasteiger partial charge in [-0.25, -0.2) is 8.42 Å². The Morgan fingerprint density at radius 3 is 2.18 bits per heavy atom. The SMILES string of the molecule is CCCCNC(=O)C(Cc1ccccc1)N(Cc1cccc(Br)c1)C(=O)CN(c1cccc(Cl)c1)S(=O)(=O)c1ccccc1. The Labute approximate surface area is 273 Å². The number of sulfonamides is 1. The van der Waals surface area contributed by atoms with Crippen molar-refractivity contribution in [2.24, 2.45) is 0 Å². The first-order chi connectivity index (χ1) is 21.2. The number of amides is 2. The maximum Gasteiger partial charge on any atom is 0.264 e. The topological polar surface area (TPSA) is 86.8 Å². The minimum atomic E-state index is -4.18. The van der Waals surface area contributed by atoms with Crippen LogP contribution in [-0.4, -0.2) is 44.3 Å². The highest BCUT2D eigenvalue weighted by atomic mass is 79.9. The van der Waals surface area contributed by atoms with E-state index in [4.69, 9.17) is 11.6 Å². The zero-order chi connectivity index (χ0) is 31.5. The van der Waals surface area contributed by atoms with Gasteiger partial charge in [-0.2, -0.15) is 0 Å². The summed E-state index contributed by atoms with van der Waals surface area (Å²) in [6.07, 6.45) is 1.94. The molecule has 0 fully saturated rings. The van der Waals surface area contributed by atoms with Crippen LogP contribution in [0, 0.1) is 0 Å². The Kier molecular flexibility index (Phi) is 12.0. The van der Waals surface area contributed by atoms with Crippen LogP contribution in [0.25, 0.3) is 0 Å². The van der Waals surface area contributed by atoms with E-state index in [2.05, 4.69) is 21.2 Å². The molecule has 0 saturated carbocycles. The second kappa shape index (κ2) is 15.9. The minimum absolute atomic E-state index is 0.0319. The fraction of sp³-hybridized carbons (Fsp3) is 0.235. The Hall–Kier alpha value is -3.66. The lowest BCUT2D eigenvalue weighted by Gasteiger charge is -2.34. The second-order valence-electron chi connectivity index (χ2n) is 10.3. The molecular weight excluding hydrogens is 662 g/mol. The molecular formula is C34H35BrClN3O4S. The van der Waals surface area contributed by atoms with Crippen LogP contribution >= 0.6 is 27.5 Å². The molecule has 4 aromatic rings. The lowest BCUT2D eigenvalue weighted by molar-refractivity contribution is -0.140. The van der Waals surface area contributed by atoms with E-state index < -0.39 is 28.5 Å². The van der Waals surface area contributed by atoms with Crippen LogP contribution in [0.5, 0.6) is 0 Å². The zero-order valence-corrected chi connectivity index (χ0v) is 27.6. The van der Waals surface area contributed by atoms with Gasteiger partial charge in [0.1, 0.15) is 12.6 Å². The molecule has 0 aliphatic rings. The number of hydrogen-bond donors (Lipinski definition) is 1. The van der Waals surface area contributed by atoms with E-state index in [0.717, 1.165) is 32.7 Å². The van der Waals surface area contributed by atoms with E-state index >= 15 is 0 Å². The molecule has 230 valence electrons. The Balaban J connectivity index is 1.78. The molecule has 0 saturated heterocycles. The maximum absolute atomic E-state index is 14.4. The Morgan fingerprint density at radius 1 is 0.864 bits per heavy atom. The van der Waals surface area contributed by atoms with Crippen molar-refractivity contribution in [1.29, 1.82) is 0 Å². The van der Waals surface area contributed by atoms with E-state index in [9.17, 15) is 18.0 Å². The molecule has 10 heteroatoms. The summed E-state index contributed by atoms with van der Waals surface area (Å²) in [6.45, 7) is 2.05. The first-order valence-corrected chi connectivity index (χ1v) is 17.0.